The number of carbonyl (C=O) groups excluding carboxylic acids is 1. The van der Waals surface area contributed by atoms with Gasteiger partial charge >= 0.3 is 5.92 Å². The molecule has 1 amide bonds. The highest BCUT2D eigenvalue weighted by Crippen LogP contribution is 2.31. The molecule has 0 unspecified atom stereocenters. The molecule has 2 rings (SSSR count). The molecule has 7 nitrogen and oxygen atoms in total. The van der Waals surface area contributed by atoms with Crippen molar-refractivity contribution >= 4 is 23.2 Å². The number of aryl methyl sites for hydroxylation is 1. The Morgan fingerprint density at radius 2 is 1.96 bits per heavy atom. The summed E-state index contributed by atoms with van der Waals surface area (Å²) in [5.74, 6) is -4.01. The molecule has 0 atom stereocenters. The van der Waals surface area contributed by atoms with Crippen LogP contribution in [0.15, 0.2) is 18.3 Å². The molecule has 0 aliphatic heterocycles. The summed E-state index contributed by atoms with van der Waals surface area (Å²) in [6.45, 7) is 3.20. The molecule has 0 radical (unpaired) electrons. The quantitative estimate of drug-likeness (QED) is 0.650. The number of rotatable bonds is 8. The Kier molecular flexibility index (Phi) is 6.71. The number of hydrogen-bond acceptors (Lipinski definition) is 6. The number of carbonyl (C=O) groups is 1. The van der Waals surface area contributed by atoms with E-state index in [-0.39, 0.29) is 35.6 Å². The molecule has 0 aliphatic rings. The van der Waals surface area contributed by atoms with Crippen molar-refractivity contribution in [2.45, 2.75) is 39.5 Å². The van der Waals surface area contributed by atoms with Gasteiger partial charge in [-0.05, 0) is 6.92 Å². The summed E-state index contributed by atoms with van der Waals surface area (Å²) in [6, 6.07) is 2.80. The van der Waals surface area contributed by atoms with Crippen LogP contribution in [0.5, 0.6) is 5.75 Å². The van der Waals surface area contributed by atoms with Crippen LogP contribution in [-0.4, -0.2) is 33.9 Å². The standard InChI is InChI=1S/C17H19F4N5O2/c1-9-6-15(26-16(23-9)17(3,20)21)25-11-7-14(24-10(2)27)22-8-12(11)28-5-4-13(18)19/h6-8,13H,4-5H2,1-3H3,(H2,22,23,24,25,26,27). The molecule has 2 aromatic rings. The largest absolute Gasteiger partial charge is 0.490 e. The number of anilines is 3. The van der Waals surface area contributed by atoms with Crippen LogP contribution >= 0.6 is 0 Å². The summed E-state index contributed by atoms with van der Waals surface area (Å²) < 4.78 is 57.1. The van der Waals surface area contributed by atoms with Gasteiger partial charge in [-0.1, -0.05) is 0 Å². The summed E-state index contributed by atoms with van der Waals surface area (Å²) in [5, 5.41) is 5.25. The molecule has 11 heteroatoms. The number of alkyl halides is 4. The van der Waals surface area contributed by atoms with Crippen molar-refractivity contribution in [2.24, 2.45) is 0 Å². The van der Waals surface area contributed by atoms with E-state index in [2.05, 4.69) is 25.6 Å². The van der Waals surface area contributed by atoms with Crippen LogP contribution in [0.25, 0.3) is 0 Å². The lowest BCUT2D eigenvalue weighted by molar-refractivity contribution is -0.114. The molecular weight excluding hydrogens is 382 g/mol. The van der Waals surface area contributed by atoms with Crippen molar-refractivity contribution in [1.82, 2.24) is 15.0 Å². The van der Waals surface area contributed by atoms with Crippen molar-refractivity contribution in [1.29, 1.82) is 0 Å². The van der Waals surface area contributed by atoms with Crippen molar-refractivity contribution < 1.29 is 27.1 Å². The minimum Gasteiger partial charge on any atom is -0.490 e. The van der Waals surface area contributed by atoms with E-state index >= 15 is 0 Å². The fourth-order valence-corrected chi connectivity index (χ4v) is 2.13. The molecule has 0 aromatic carbocycles. The lowest BCUT2D eigenvalue weighted by Gasteiger charge is -2.16. The first-order valence-corrected chi connectivity index (χ1v) is 8.24. The molecule has 2 aromatic heterocycles. The number of amides is 1. The fourth-order valence-electron chi connectivity index (χ4n) is 2.13. The zero-order chi connectivity index (χ0) is 20.9. The molecule has 2 N–H and O–H groups in total. The zero-order valence-corrected chi connectivity index (χ0v) is 15.4. The van der Waals surface area contributed by atoms with E-state index in [1.54, 1.807) is 0 Å². The van der Waals surface area contributed by atoms with Crippen molar-refractivity contribution in [3.63, 3.8) is 0 Å². The Bertz CT molecular complexity index is 843. The monoisotopic (exact) mass is 401 g/mol. The van der Waals surface area contributed by atoms with Crippen molar-refractivity contribution in [3.05, 3.63) is 29.8 Å². The first-order valence-electron chi connectivity index (χ1n) is 8.24. The Hall–Kier alpha value is -2.98. The predicted molar refractivity (Wildman–Crippen MR) is 94.3 cm³/mol. The Labute approximate surface area is 158 Å². The van der Waals surface area contributed by atoms with Gasteiger partial charge < -0.3 is 15.4 Å². The molecule has 0 spiro atoms. The molecule has 28 heavy (non-hydrogen) atoms. The number of hydrogen-bond donors (Lipinski definition) is 2. The normalized spacial score (nSPS) is 11.4. The van der Waals surface area contributed by atoms with Crippen LogP contribution in [0.3, 0.4) is 0 Å². The topological polar surface area (TPSA) is 89.0 Å². The van der Waals surface area contributed by atoms with Crippen molar-refractivity contribution in [2.75, 3.05) is 17.2 Å². The smallest absolute Gasteiger partial charge is 0.303 e. The molecule has 2 heterocycles. The third kappa shape index (κ3) is 6.32. The van der Waals surface area contributed by atoms with Gasteiger partial charge in [0.2, 0.25) is 18.2 Å². The van der Waals surface area contributed by atoms with Gasteiger partial charge in [0.25, 0.3) is 0 Å². The predicted octanol–water partition coefficient (Wildman–Crippen LogP) is 4.03. The molecule has 0 bridgehead atoms. The maximum Gasteiger partial charge on any atom is 0.303 e. The first kappa shape index (κ1) is 21.3. The summed E-state index contributed by atoms with van der Waals surface area (Å²) in [7, 11) is 0. The van der Waals surface area contributed by atoms with E-state index in [1.807, 2.05) is 0 Å². The fraction of sp³-hybridized carbons (Fsp3) is 0.412. The zero-order valence-electron chi connectivity index (χ0n) is 15.4. The third-order valence-corrected chi connectivity index (χ3v) is 3.27. The van der Waals surface area contributed by atoms with Crippen LogP contribution in [-0.2, 0) is 10.7 Å². The number of halogens is 4. The number of ether oxygens (including phenoxy) is 1. The molecular formula is C17H19F4N5O2. The second kappa shape index (κ2) is 8.81. The molecule has 0 aliphatic carbocycles. The Morgan fingerprint density at radius 3 is 2.57 bits per heavy atom. The third-order valence-electron chi connectivity index (χ3n) is 3.27. The Morgan fingerprint density at radius 1 is 1.25 bits per heavy atom. The van der Waals surface area contributed by atoms with Gasteiger partial charge in [0, 0.05) is 38.1 Å². The minimum atomic E-state index is -3.25. The molecule has 0 saturated heterocycles. The molecule has 0 saturated carbocycles. The van der Waals surface area contributed by atoms with Crippen LogP contribution in [0.2, 0.25) is 0 Å². The first-order chi connectivity index (χ1) is 13.0. The van der Waals surface area contributed by atoms with Crippen LogP contribution in [0, 0.1) is 6.92 Å². The van der Waals surface area contributed by atoms with Crippen LogP contribution in [0.1, 0.15) is 31.8 Å². The summed E-state index contributed by atoms with van der Waals surface area (Å²) in [4.78, 5) is 22.7. The van der Waals surface area contributed by atoms with Gasteiger partial charge in [-0.15, -0.1) is 0 Å². The second-order valence-corrected chi connectivity index (χ2v) is 6.01. The maximum absolute atomic E-state index is 13.6. The van der Waals surface area contributed by atoms with E-state index in [0.29, 0.717) is 12.6 Å². The molecule has 0 fully saturated rings. The minimum absolute atomic E-state index is 0.0442. The van der Waals surface area contributed by atoms with Crippen LogP contribution < -0.4 is 15.4 Å². The van der Waals surface area contributed by atoms with Gasteiger partial charge in [0.1, 0.15) is 11.6 Å². The lowest BCUT2D eigenvalue weighted by atomic mass is 10.3. The summed E-state index contributed by atoms with van der Waals surface area (Å²) in [5.41, 5.74) is 0.502. The van der Waals surface area contributed by atoms with E-state index in [4.69, 9.17) is 4.74 Å². The van der Waals surface area contributed by atoms with E-state index in [9.17, 15) is 22.4 Å². The van der Waals surface area contributed by atoms with Gasteiger partial charge in [-0.3, -0.25) is 4.79 Å². The second-order valence-electron chi connectivity index (χ2n) is 6.01. The maximum atomic E-state index is 13.6. The Balaban J connectivity index is 2.35. The van der Waals surface area contributed by atoms with Gasteiger partial charge in [-0.25, -0.2) is 23.7 Å². The number of nitrogens with zero attached hydrogens (tertiary/aromatic N) is 3. The van der Waals surface area contributed by atoms with E-state index in [0.717, 1.165) is 0 Å². The number of aromatic nitrogens is 3. The van der Waals surface area contributed by atoms with Crippen molar-refractivity contribution in [3.8, 4) is 5.75 Å². The highest BCUT2D eigenvalue weighted by atomic mass is 19.3. The summed E-state index contributed by atoms with van der Waals surface area (Å²) >= 11 is 0. The lowest BCUT2D eigenvalue weighted by Crippen LogP contribution is -2.15. The van der Waals surface area contributed by atoms with E-state index in [1.165, 1.54) is 32.2 Å². The van der Waals surface area contributed by atoms with Gasteiger partial charge in [0.15, 0.2) is 5.75 Å². The highest BCUT2D eigenvalue weighted by Gasteiger charge is 2.29. The highest BCUT2D eigenvalue weighted by molar-refractivity contribution is 5.88. The number of nitrogens with one attached hydrogen (secondary N) is 2. The van der Waals surface area contributed by atoms with Gasteiger partial charge in [-0.2, -0.15) is 8.78 Å². The summed E-state index contributed by atoms with van der Waals surface area (Å²) in [6.07, 6.45) is -1.81. The average molecular weight is 401 g/mol. The average Bonchev–Trinajstić information content (AvgIpc) is 2.54. The SMILES string of the molecule is CC(=O)Nc1cc(Nc2cc(C)nc(C(C)(F)F)n2)c(OCCC(F)F)cn1. The molecule has 152 valence electrons. The van der Waals surface area contributed by atoms with Gasteiger partial charge in [0.05, 0.1) is 18.5 Å². The number of pyridine rings is 1. The van der Waals surface area contributed by atoms with Crippen LogP contribution in [0.4, 0.5) is 34.9 Å². The van der Waals surface area contributed by atoms with E-state index < -0.39 is 24.6 Å².